The molecule has 1 aliphatic heterocycles. The van der Waals surface area contributed by atoms with Crippen molar-refractivity contribution in [3.8, 4) is 0 Å². The minimum Gasteiger partial charge on any atom is -0.466 e. The Bertz CT molecular complexity index is 649. The molecule has 0 aliphatic carbocycles. The van der Waals surface area contributed by atoms with Crippen molar-refractivity contribution in [1.29, 1.82) is 0 Å². The number of piperidine rings is 1. The molecular weight excluding hydrogens is 272 g/mol. The molecule has 1 fully saturated rings. The summed E-state index contributed by atoms with van der Waals surface area (Å²) in [5.41, 5.74) is -0.120. The van der Waals surface area contributed by atoms with Crippen LogP contribution in [-0.2, 0) is 5.60 Å². The Morgan fingerprint density at radius 2 is 2.33 bits per heavy atom. The molecule has 2 aromatic rings. The van der Waals surface area contributed by atoms with Gasteiger partial charge in [-0.05, 0) is 32.8 Å². The Hall–Kier alpha value is -2.15. The fraction of sp³-hybridized carbons (Fsp3) is 0.500. The number of carbonyl (C=O) groups excluding carboxylic acids is 1. The van der Waals surface area contributed by atoms with Gasteiger partial charge in [0.05, 0.1) is 18.3 Å². The predicted molar refractivity (Wildman–Crippen MR) is 73.6 cm³/mol. The van der Waals surface area contributed by atoms with E-state index in [1.807, 2.05) is 6.92 Å². The molecule has 7 nitrogen and oxygen atoms in total. The summed E-state index contributed by atoms with van der Waals surface area (Å²) < 4.78 is 5.41. The molecule has 112 valence electrons. The maximum atomic E-state index is 12.6. The van der Waals surface area contributed by atoms with E-state index in [0.717, 1.165) is 0 Å². The number of H-pyrrole nitrogens is 1. The summed E-state index contributed by atoms with van der Waals surface area (Å²) in [5.74, 6) is 1.19. The zero-order valence-corrected chi connectivity index (χ0v) is 12.1. The quantitative estimate of drug-likeness (QED) is 0.864. The fourth-order valence-electron chi connectivity index (χ4n) is 2.86. The van der Waals surface area contributed by atoms with Crippen molar-refractivity contribution in [2.45, 2.75) is 32.3 Å². The smallest absolute Gasteiger partial charge is 0.257 e. The summed E-state index contributed by atoms with van der Waals surface area (Å²) in [6.45, 7) is 4.41. The van der Waals surface area contributed by atoms with E-state index < -0.39 is 5.60 Å². The zero-order valence-electron chi connectivity index (χ0n) is 12.1. The Balaban J connectivity index is 1.83. The van der Waals surface area contributed by atoms with Gasteiger partial charge in [-0.1, -0.05) is 0 Å². The van der Waals surface area contributed by atoms with Crippen LogP contribution in [0.25, 0.3) is 0 Å². The molecule has 0 unspecified atom stereocenters. The number of β-amino-alcohol motifs (C(OH)–C–C–N with tert-alkyl or cyclic N) is 1. The maximum Gasteiger partial charge on any atom is 0.257 e. The van der Waals surface area contributed by atoms with Crippen molar-refractivity contribution >= 4 is 5.91 Å². The average molecular weight is 290 g/mol. The number of nitrogens with zero attached hydrogens (tertiary/aromatic N) is 3. The van der Waals surface area contributed by atoms with E-state index in [1.165, 1.54) is 6.20 Å². The van der Waals surface area contributed by atoms with Crippen LogP contribution in [0.1, 0.15) is 40.4 Å². The minimum absolute atomic E-state index is 0.119. The first-order valence-electron chi connectivity index (χ1n) is 6.94. The van der Waals surface area contributed by atoms with Crippen molar-refractivity contribution in [3.63, 3.8) is 0 Å². The van der Waals surface area contributed by atoms with Gasteiger partial charge in [0.25, 0.3) is 5.91 Å². The molecule has 1 atom stereocenters. The number of rotatable bonds is 2. The summed E-state index contributed by atoms with van der Waals surface area (Å²) in [6, 6.07) is 1.74. The molecule has 1 amide bonds. The van der Waals surface area contributed by atoms with E-state index in [-0.39, 0.29) is 12.5 Å². The standard InChI is InChI=1S/C14H18N4O3/c1-9-6-11(10(2)21-9)13(19)18-5-3-4-14(20,8-18)12-7-15-17-16-12/h6-7,20H,3-5,8H2,1-2H3,(H,15,16,17)/t14-/m1/s1. The second kappa shape index (κ2) is 5.00. The molecule has 2 aromatic heterocycles. The minimum atomic E-state index is -1.15. The number of amides is 1. The number of carbonyl (C=O) groups is 1. The third-order valence-electron chi connectivity index (χ3n) is 3.92. The second-order valence-corrected chi connectivity index (χ2v) is 5.54. The van der Waals surface area contributed by atoms with Gasteiger partial charge in [0, 0.05) is 6.54 Å². The lowest BCUT2D eigenvalue weighted by Gasteiger charge is -2.37. The largest absolute Gasteiger partial charge is 0.466 e. The Kier molecular flexibility index (Phi) is 3.29. The molecule has 1 saturated heterocycles. The molecular formula is C14H18N4O3. The van der Waals surface area contributed by atoms with Crippen LogP contribution >= 0.6 is 0 Å². The zero-order chi connectivity index (χ0) is 15.0. The summed E-state index contributed by atoms with van der Waals surface area (Å²) in [7, 11) is 0. The third-order valence-corrected chi connectivity index (χ3v) is 3.92. The van der Waals surface area contributed by atoms with Crippen molar-refractivity contribution in [1.82, 2.24) is 20.3 Å². The van der Waals surface area contributed by atoms with Gasteiger partial charge in [-0.2, -0.15) is 15.4 Å². The second-order valence-electron chi connectivity index (χ2n) is 5.54. The van der Waals surface area contributed by atoms with Crippen LogP contribution in [-0.4, -0.2) is 44.4 Å². The molecule has 0 saturated carbocycles. The number of aliphatic hydroxyl groups is 1. The van der Waals surface area contributed by atoms with Gasteiger partial charge in [0.2, 0.25) is 0 Å². The number of likely N-dealkylation sites (tertiary alicyclic amines) is 1. The normalized spacial score (nSPS) is 22.5. The highest BCUT2D eigenvalue weighted by Crippen LogP contribution is 2.31. The van der Waals surface area contributed by atoms with Crippen LogP contribution < -0.4 is 0 Å². The fourth-order valence-corrected chi connectivity index (χ4v) is 2.86. The summed E-state index contributed by atoms with van der Waals surface area (Å²) in [4.78, 5) is 14.3. The molecule has 1 aliphatic rings. The Morgan fingerprint density at radius 1 is 1.52 bits per heavy atom. The van der Waals surface area contributed by atoms with Gasteiger partial charge in [0.1, 0.15) is 22.8 Å². The highest BCUT2D eigenvalue weighted by atomic mass is 16.3. The molecule has 0 radical (unpaired) electrons. The monoisotopic (exact) mass is 290 g/mol. The Morgan fingerprint density at radius 3 is 2.95 bits per heavy atom. The number of nitrogens with one attached hydrogen (secondary N) is 1. The Labute approximate surface area is 121 Å². The first-order valence-corrected chi connectivity index (χ1v) is 6.94. The van der Waals surface area contributed by atoms with Gasteiger partial charge in [-0.3, -0.25) is 4.79 Å². The maximum absolute atomic E-state index is 12.6. The van der Waals surface area contributed by atoms with E-state index in [0.29, 0.717) is 42.2 Å². The van der Waals surface area contributed by atoms with Crippen LogP contribution in [0, 0.1) is 13.8 Å². The number of aromatic nitrogens is 3. The van der Waals surface area contributed by atoms with Crippen LogP contribution in [0.2, 0.25) is 0 Å². The van der Waals surface area contributed by atoms with Crippen molar-refractivity contribution in [2.75, 3.05) is 13.1 Å². The topological polar surface area (TPSA) is 95.2 Å². The summed E-state index contributed by atoms with van der Waals surface area (Å²) >= 11 is 0. The lowest BCUT2D eigenvalue weighted by atomic mass is 9.89. The van der Waals surface area contributed by atoms with E-state index in [1.54, 1.807) is 17.9 Å². The van der Waals surface area contributed by atoms with Gasteiger partial charge in [-0.15, -0.1) is 0 Å². The first-order chi connectivity index (χ1) is 9.99. The summed E-state index contributed by atoms with van der Waals surface area (Å²) in [5, 5.41) is 20.9. The third kappa shape index (κ3) is 2.44. The number of furan rings is 1. The van der Waals surface area contributed by atoms with Gasteiger partial charge < -0.3 is 14.4 Å². The summed E-state index contributed by atoms with van der Waals surface area (Å²) in [6.07, 6.45) is 2.78. The van der Waals surface area contributed by atoms with E-state index >= 15 is 0 Å². The molecule has 0 spiro atoms. The van der Waals surface area contributed by atoms with Crippen molar-refractivity contribution in [3.05, 3.63) is 35.0 Å². The number of aryl methyl sites for hydroxylation is 2. The number of hydrogen-bond acceptors (Lipinski definition) is 5. The number of hydrogen-bond donors (Lipinski definition) is 2. The highest BCUT2D eigenvalue weighted by Gasteiger charge is 2.39. The van der Waals surface area contributed by atoms with E-state index in [2.05, 4.69) is 15.4 Å². The van der Waals surface area contributed by atoms with E-state index in [9.17, 15) is 9.90 Å². The van der Waals surface area contributed by atoms with Crippen LogP contribution in [0.3, 0.4) is 0 Å². The first kappa shape index (κ1) is 13.8. The van der Waals surface area contributed by atoms with Crippen LogP contribution in [0.15, 0.2) is 16.7 Å². The molecule has 3 heterocycles. The van der Waals surface area contributed by atoms with Gasteiger partial charge in [0.15, 0.2) is 0 Å². The SMILES string of the molecule is Cc1cc(C(=O)N2CCC[C@](O)(c3cn[nH]n3)C2)c(C)o1. The van der Waals surface area contributed by atoms with Crippen molar-refractivity contribution < 1.29 is 14.3 Å². The van der Waals surface area contributed by atoms with Crippen LogP contribution in [0.4, 0.5) is 0 Å². The van der Waals surface area contributed by atoms with E-state index in [4.69, 9.17) is 4.42 Å². The lowest BCUT2D eigenvalue weighted by Crippen LogP contribution is -2.48. The molecule has 3 rings (SSSR count). The predicted octanol–water partition coefficient (Wildman–Crippen LogP) is 1.14. The average Bonchev–Trinajstić information content (AvgIpc) is 3.08. The lowest BCUT2D eigenvalue weighted by molar-refractivity contribution is -0.0320. The van der Waals surface area contributed by atoms with Crippen LogP contribution in [0.5, 0.6) is 0 Å². The molecule has 7 heteroatoms. The van der Waals surface area contributed by atoms with Gasteiger partial charge in [-0.25, -0.2) is 0 Å². The molecule has 0 bridgehead atoms. The molecule has 2 N–H and O–H groups in total. The molecule has 21 heavy (non-hydrogen) atoms. The van der Waals surface area contributed by atoms with Gasteiger partial charge >= 0.3 is 0 Å². The highest BCUT2D eigenvalue weighted by molar-refractivity contribution is 5.95. The number of aromatic amines is 1. The molecule has 0 aromatic carbocycles. The van der Waals surface area contributed by atoms with Crippen molar-refractivity contribution in [2.24, 2.45) is 0 Å².